The minimum atomic E-state index is 0.434. The molecule has 0 saturated carbocycles. The molecule has 116 valence electrons. The molecule has 9 heteroatoms. The molecule has 23 heavy (non-hydrogen) atoms. The van der Waals surface area contributed by atoms with E-state index in [1.165, 1.54) is 11.8 Å². The minimum absolute atomic E-state index is 0.434. The highest BCUT2D eigenvalue weighted by Crippen LogP contribution is 2.28. The first-order chi connectivity index (χ1) is 11.3. The van der Waals surface area contributed by atoms with Gasteiger partial charge in [0, 0.05) is 10.9 Å². The first kappa shape index (κ1) is 14.2. The lowest BCUT2D eigenvalue weighted by atomic mass is 10.3. The molecule has 0 aromatic carbocycles. The van der Waals surface area contributed by atoms with Crippen LogP contribution >= 0.6 is 23.1 Å². The van der Waals surface area contributed by atoms with Gasteiger partial charge in [-0.3, -0.25) is 0 Å². The Kier molecular flexibility index (Phi) is 3.72. The van der Waals surface area contributed by atoms with Gasteiger partial charge in [-0.2, -0.15) is 16.3 Å². The molecule has 4 aromatic rings. The quantitative estimate of drug-likeness (QED) is 0.500. The van der Waals surface area contributed by atoms with E-state index in [2.05, 4.69) is 20.3 Å². The molecule has 0 fully saturated rings. The zero-order valence-electron chi connectivity index (χ0n) is 11.9. The molecule has 0 atom stereocenters. The monoisotopic (exact) mass is 346 g/mol. The van der Waals surface area contributed by atoms with Crippen molar-refractivity contribution in [2.75, 3.05) is 0 Å². The van der Waals surface area contributed by atoms with E-state index in [0.29, 0.717) is 28.6 Å². The van der Waals surface area contributed by atoms with Crippen LogP contribution in [0.5, 0.6) is 0 Å². The second kappa shape index (κ2) is 6.01. The van der Waals surface area contributed by atoms with Gasteiger partial charge in [0.25, 0.3) is 11.1 Å². The molecule has 0 unspecified atom stereocenters. The summed E-state index contributed by atoms with van der Waals surface area (Å²) in [6.45, 7) is 1.84. The van der Waals surface area contributed by atoms with Crippen LogP contribution in [0.4, 0.5) is 0 Å². The van der Waals surface area contributed by atoms with Crippen molar-refractivity contribution >= 4 is 23.1 Å². The third-order valence-electron chi connectivity index (χ3n) is 3.06. The van der Waals surface area contributed by atoms with Crippen LogP contribution in [0, 0.1) is 6.92 Å². The lowest BCUT2D eigenvalue weighted by Gasteiger charge is -1.91. The van der Waals surface area contributed by atoms with Gasteiger partial charge in [-0.25, -0.2) is 0 Å². The number of nitrogens with zero attached hydrogens (tertiary/aromatic N) is 4. The Morgan fingerprint density at radius 2 is 2.22 bits per heavy atom. The van der Waals surface area contributed by atoms with Crippen LogP contribution in [0.1, 0.15) is 11.7 Å². The Labute approximate surface area is 138 Å². The molecule has 0 aliphatic heterocycles. The Balaban J connectivity index is 1.44. The largest absolute Gasteiger partial charge is 0.469 e. The fraction of sp³-hybridized carbons (Fsp3) is 0.143. The molecule has 0 aliphatic carbocycles. The summed E-state index contributed by atoms with van der Waals surface area (Å²) in [7, 11) is 0. The van der Waals surface area contributed by atoms with E-state index >= 15 is 0 Å². The number of rotatable bonds is 5. The Morgan fingerprint density at radius 3 is 3.00 bits per heavy atom. The van der Waals surface area contributed by atoms with Gasteiger partial charge in [0.1, 0.15) is 5.76 Å². The van der Waals surface area contributed by atoms with Crippen LogP contribution < -0.4 is 0 Å². The predicted octanol–water partition coefficient (Wildman–Crippen LogP) is 4.04. The summed E-state index contributed by atoms with van der Waals surface area (Å²) in [5.41, 5.74) is 1.74. The standard InChI is InChI=1S/C14H10N4O3S2/c1-8-10(2-4-19-8)13-16-17-14(20-13)23-7-11-15-12(18-21-11)9-3-5-22-6-9/h2-6H,7H2,1H3. The zero-order chi connectivity index (χ0) is 15.6. The number of thiophene rings is 1. The van der Waals surface area contributed by atoms with E-state index in [1.807, 2.05) is 23.8 Å². The maximum atomic E-state index is 5.60. The average molecular weight is 346 g/mol. The van der Waals surface area contributed by atoms with E-state index in [0.717, 1.165) is 16.9 Å². The van der Waals surface area contributed by atoms with E-state index in [1.54, 1.807) is 23.7 Å². The third-order valence-corrected chi connectivity index (χ3v) is 4.55. The Morgan fingerprint density at radius 1 is 1.26 bits per heavy atom. The van der Waals surface area contributed by atoms with E-state index in [-0.39, 0.29) is 0 Å². The fourth-order valence-corrected chi connectivity index (χ4v) is 3.16. The van der Waals surface area contributed by atoms with Gasteiger partial charge >= 0.3 is 0 Å². The molecule has 0 saturated heterocycles. The van der Waals surface area contributed by atoms with Crippen LogP contribution in [0.2, 0.25) is 0 Å². The van der Waals surface area contributed by atoms with Crippen molar-refractivity contribution in [2.45, 2.75) is 17.9 Å². The molecule has 0 aliphatic rings. The summed E-state index contributed by atoms with van der Waals surface area (Å²) in [5, 5.41) is 16.4. The van der Waals surface area contributed by atoms with Crippen LogP contribution in [0.3, 0.4) is 0 Å². The summed E-state index contributed by atoms with van der Waals surface area (Å²) in [4.78, 5) is 4.34. The highest BCUT2D eigenvalue weighted by atomic mass is 32.2. The van der Waals surface area contributed by atoms with Gasteiger partial charge in [0.2, 0.25) is 11.7 Å². The molecule has 0 bridgehead atoms. The Hall–Kier alpha value is -2.39. The average Bonchev–Trinajstić information content (AvgIpc) is 3.32. The topological polar surface area (TPSA) is 91.0 Å². The van der Waals surface area contributed by atoms with Crippen molar-refractivity contribution in [3.8, 4) is 22.8 Å². The molecular formula is C14H10N4O3S2. The van der Waals surface area contributed by atoms with Crippen molar-refractivity contribution < 1.29 is 13.4 Å². The predicted molar refractivity (Wildman–Crippen MR) is 83.9 cm³/mol. The van der Waals surface area contributed by atoms with Crippen LogP contribution in [0.15, 0.2) is 47.7 Å². The molecule has 7 nitrogen and oxygen atoms in total. The zero-order valence-corrected chi connectivity index (χ0v) is 13.6. The number of thioether (sulfide) groups is 1. The molecule has 0 N–H and O–H groups in total. The fourth-order valence-electron chi connectivity index (χ4n) is 1.93. The summed E-state index contributed by atoms with van der Waals surface area (Å²) in [6.07, 6.45) is 1.59. The molecule has 0 radical (unpaired) electrons. The van der Waals surface area contributed by atoms with Gasteiger partial charge in [-0.05, 0) is 24.4 Å². The number of hydrogen-bond donors (Lipinski definition) is 0. The maximum absolute atomic E-state index is 5.60. The van der Waals surface area contributed by atoms with E-state index < -0.39 is 0 Å². The summed E-state index contributed by atoms with van der Waals surface area (Å²) < 4.78 is 16.1. The molecule has 0 spiro atoms. The SMILES string of the molecule is Cc1occc1-c1nnc(SCc2nc(-c3ccsc3)no2)o1. The first-order valence-corrected chi connectivity index (χ1v) is 8.58. The first-order valence-electron chi connectivity index (χ1n) is 6.65. The molecular weight excluding hydrogens is 336 g/mol. The lowest BCUT2D eigenvalue weighted by Crippen LogP contribution is -1.81. The molecule has 4 rings (SSSR count). The smallest absolute Gasteiger partial charge is 0.277 e. The third kappa shape index (κ3) is 2.92. The molecule has 0 amide bonds. The summed E-state index contributed by atoms with van der Waals surface area (Å²) in [6, 6.07) is 3.74. The van der Waals surface area contributed by atoms with Gasteiger partial charge in [-0.1, -0.05) is 16.9 Å². The van der Waals surface area contributed by atoms with Crippen molar-refractivity contribution in [3.05, 3.63) is 40.8 Å². The van der Waals surface area contributed by atoms with E-state index in [9.17, 15) is 0 Å². The Bertz CT molecular complexity index is 910. The molecule has 4 aromatic heterocycles. The maximum Gasteiger partial charge on any atom is 0.277 e. The van der Waals surface area contributed by atoms with Gasteiger partial charge in [0.05, 0.1) is 17.6 Å². The number of aromatic nitrogens is 4. The molecule has 4 heterocycles. The van der Waals surface area contributed by atoms with Gasteiger partial charge in [0.15, 0.2) is 0 Å². The second-order valence-corrected chi connectivity index (χ2v) is 6.28. The summed E-state index contributed by atoms with van der Waals surface area (Å²) >= 11 is 2.93. The highest BCUT2D eigenvalue weighted by Gasteiger charge is 2.15. The van der Waals surface area contributed by atoms with Crippen molar-refractivity contribution in [2.24, 2.45) is 0 Å². The number of furan rings is 1. The minimum Gasteiger partial charge on any atom is -0.469 e. The van der Waals surface area contributed by atoms with Crippen LogP contribution in [-0.2, 0) is 5.75 Å². The summed E-state index contributed by atoms with van der Waals surface area (Å²) in [5.74, 6) is 2.73. The lowest BCUT2D eigenvalue weighted by molar-refractivity contribution is 0.391. The number of aryl methyl sites for hydroxylation is 1. The van der Waals surface area contributed by atoms with Gasteiger partial charge < -0.3 is 13.4 Å². The van der Waals surface area contributed by atoms with Crippen LogP contribution in [-0.4, -0.2) is 20.3 Å². The van der Waals surface area contributed by atoms with Gasteiger partial charge in [-0.15, -0.1) is 10.2 Å². The van der Waals surface area contributed by atoms with Crippen molar-refractivity contribution in [3.63, 3.8) is 0 Å². The van der Waals surface area contributed by atoms with Crippen molar-refractivity contribution in [1.29, 1.82) is 0 Å². The van der Waals surface area contributed by atoms with Crippen LogP contribution in [0.25, 0.3) is 22.8 Å². The highest BCUT2D eigenvalue weighted by molar-refractivity contribution is 7.98. The van der Waals surface area contributed by atoms with E-state index in [4.69, 9.17) is 13.4 Å². The number of hydrogen-bond acceptors (Lipinski definition) is 9. The second-order valence-electron chi connectivity index (χ2n) is 4.58. The van der Waals surface area contributed by atoms with Crippen molar-refractivity contribution in [1.82, 2.24) is 20.3 Å². The normalized spacial score (nSPS) is 11.2.